The predicted octanol–water partition coefficient (Wildman–Crippen LogP) is 3.50. The fraction of sp³-hybridized carbons (Fsp3) is 0.600. The van der Waals surface area contributed by atoms with Crippen molar-refractivity contribution in [1.82, 2.24) is 0 Å². The minimum atomic E-state index is -4.39. The maximum absolute atomic E-state index is 12.8. The van der Waals surface area contributed by atoms with E-state index in [4.69, 9.17) is 15.2 Å². The van der Waals surface area contributed by atoms with Crippen molar-refractivity contribution < 1.29 is 22.6 Å². The standard InChI is InChI=1S/C15H20F3NO2/c1-9-5-13(6-10(2)20-9)21-12-3-4-14(15(16,17)18)11(7-12)8-19/h3-4,7,9-10,13H,5-6,8,19H2,1-2H3. The van der Waals surface area contributed by atoms with Crippen LogP contribution in [0.3, 0.4) is 0 Å². The third-order valence-corrected chi connectivity index (χ3v) is 3.56. The minimum Gasteiger partial charge on any atom is -0.490 e. The molecule has 0 amide bonds. The van der Waals surface area contributed by atoms with Gasteiger partial charge >= 0.3 is 6.18 Å². The zero-order chi connectivity index (χ0) is 15.6. The summed E-state index contributed by atoms with van der Waals surface area (Å²) in [4.78, 5) is 0. The van der Waals surface area contributed by atoms with Crippen molar-refractivity contribution in [3.05, 3.63) is 29.3 Å². The summed E-state index contributed by atoms with van der Waals surface area (Å²) in [5.41, 5.74) is 4.76. The molecular weight excluding hydrogens is 283 g/mol. The number of hydrogen-bond donors (Lipinski definition) is 1. The Balaban J connectivity index is 2.14. The van der Waals surface area contributed by atoms with E-state index in [0.29, 0.717) is 5.75 Å². The molecule has 0 spiro atoms. The van der Waals surface area contributed by atoms with Gasteiger partial charge in [-0.15, -0.1) is 0 Å². The molecule has 0 saturated carbocycles. The van der Waals surface area contributed by atoms with Gasteiger partial charge in [0.25, 0.3) is 0 Å². The van der Waals surface area contributed by atoms with Gasteiger partial charge in [0.1, 0.15) is 11.9 Å². The average Bonchev–Trinajstić information content (AvgIpc) is 2.36. The highest BCUT2D eigenvalue weighted by atomic mass is 19.4. The average molecular weight is 303 g/mol. The minimum absolute atomic E-state index is 0.0492. The molecular formula is C15H20F3NO2. The van der Waals surface area contributed by atoms with Crippen LogP contribution in [0.4, 0.5) is 13.2 Å². The highest BCUT2D eigenvalue weighted by Gasteiger charge is 2.33. The fourth-order valence-corrected chi connectivity index (χ4v) is 2.72. The van der Waals surface area contributed by atoms with E-state index in [9.17, 15) is 13.2 Å². The molecule has 21 heavy (non-hydrogen) atoms. The molecule has 0 aromatic heterocycles. The zero-order valence-corrected chi connectivity index (χ0v) is 12.1. The molecule has 1 fully saturated rings. The summed E-state index contributed by atoms with van der Waals surface area (Å²) >= 11 is 0. The van der Waals surface area contributed by atoms with E-state index in [2.05, 4.69) is 0 Å². The first-order valence-electron chi connectivity index (χ1n) is 7.02. The van der Waals surface area contributed by atoms with Gasteiger partial charge in [0.2, 0.25) is 0 Å². The quantitative estimate of drug-likeness (QED) is 0.929. The van der Waals surface area contributed by atoms with Crippen LogP contribution in [0, 0.1) is 0 Å². The summed E-state index contributed by atoms with van der Waals surface area (Å²) < 4.78 is 49.9. The third-order valence-electron chi connectivity index (χ3n) is 3.56. The van der Waals surface area contributed by atoms with E-state index in [1.807, 2.05) is 13.8 Å². The Kier molecular flexibility index (Phi) is 4.78. The largest absolute Gasteiger partial charge is 0.490 e. The Morgan fingerprint density at radius 3 is 2.38 bits per heavy atom. The smallest absolute Gasteiger partial charge is 0.416 e. The monoisotopic (exact) mass is 303 g/mol. The summed E-state index contributed by atoms with van der Waals surface area (Å²) in [5, 5.41) is 0. The van der Waals surface area contributed by atoms with Crippen molar-refractivity contribution in [2.24, 2.45) is 5.73 Å². The lowest BCUT2D eigenvalue weighted by Gasteiger charge is -2.32. The number of benzene rings is 1. The topological polar surface area (TPSA) is 44.5 Å². The Labute approximate surface area is 122 Å². The molecule has 2 N–H and O–H groups in total. The lowest BCUT2D eigenvalue weighted by atomic mass is 10.0. The second-order valence-corrected chi connectivity index (χ2v) is 5.49. The molecule has 1 aliphatic rings. The van der Waals surface area contributed by atoms with Crippen LogP contribution in [-0.4, -0.2) is 18.3 Å². The second-order valence-electron chi connectivity index (χ2n) is 5.49. The number of alkyl halides is 3. The number of hydrogen-bond acceptors (Lipinski definition) is 3. The van der Waals surface area contributed by atoms with Gasteiger partial charge in [-0.3, -0.25) is 0 Å². The molecule has 2 unspecified atom stereocenters. The molecule has 0 bridgehead atoms. The fourth-order valence-electron chi connectivity index (χ4n) is 2.72. The van der Waals surface area contributed by atoms with Crippen LogP contribution in [0.15, 0.2) is 18.2 Å². The molecule has 2 atom stereocenters. The summed E-state index contributed by atoms with van der Waals surface area (Å²) in [6.45, 7) is 3.75. The van der Waals surface area contributed by atoms with Crippen molar-refractivity contribution in [3.63, 3.8) is 0 Å². The Morgan fingerprint density at radius 2 is 1.86 bits per heavy atom. The van der Waals surface area contributed by atoms with Gasteiger partial charge in [0.15, 0.2) is 0 Å². The summed E-state index contributed by atoms with van der Waals surface area (Å²) in [7, 11) is 0. The van der Waals surface area contributed by atoms with Crippen LogP contribution < -0.4 is 10.5 Å². The molecule has 6 heteroatoms. The molecule has 2 rings (SSSR count). The molecule has 1 aliphatic heterocycles. The van der Waals surface area contributed by atoms with Crippen LogP contribution in [0.1, 0.15) is 37.8 Å². The van der Waals surface area contributed by atoms with Crippen LogP contribution in [0.2, 0.25) is 0 Å². The molecule has 1 heterocycles. The maximum atomic E-state index is 12.8. The van der Waals surface area contributed by atoms with Gasteiger partial charge in [-0.1, -0.05) is 0 Å². The van der Waals surface area contributed by atoms with Gasteiger partial charge < -0.3 is 15.2 Å². The summed E-state index contributed by atoms with van der Waals surface area (Å²) in [5.74, 6) is 0.426. The molecule has 1 saturated heterocycles. The van der Waals surface area contributed by atoms with Gasteiger partial charge in [-0.2, -0.15) is 13.2 Å². The van der Waals surface area contributed by atoms with Crippen molar-refractivity contribution in [1.29, 1.82) is 0 Å². The van der Waals surface area contributed by atoms with E-state index in [0.717, 1.165) is 18.9 Å². The Bertz CT molecular complexity index is 480. The van der Waals surface area contributed by atoms with Gasteiger partial charge in [0, 0.05) is 19.4 Å². The van der Waals surface area contributed by atoms with E-state index >= 15 is 0 Å². The first-order valence-corrected chi connectivity index (χ1v) is 7.02. The molecule has 1 aromatic rings. The Morgan fingerprint density at radius 1 is 1.24 bits per heavy atom. The molecule has 118 valence electrons. The van der Waals surface area contributed by atoms with Crippen LogP contribution in [0.5, 0.6) is 5.75 Å². The van der Waals surface area contributed by atoms with E-state index in [1.54, 1.807) is 0 Å². The lowest BCUT2D eigenvalue weighted by molar-refractivity contribution is -0.138. The van der Waals surface area contributed by atoms with Crippen LogP contribution >= 0.6 is 0 Å². The number of halogens is 3. The van der Waals surface area contributed by atoms with Crippen molar-refractivity contribution in [3.8, 4) is 5.75 Å². The number of rotatable bonds is 3. The highest BCUT2D eigenvalue weighted by molar-refractivity contribution is 5.37. The molecule has 0 aliphatic carbocycles. The normalized spacial score (nSPS) is 26.7. The SMILES string of the molecule is CC1CC(Oc2ccc(C(F)(F)F)c(CN)c2)CC(C)O1. The van der Waals surface area contributed by atoms with Crippen molar-refractivity contribution in [2.75, 3.05) is 0 Å². The van der Waals surface area contributed by atoms with E-state index in [1.165, 1.54) is 12.1 Å². The van der Waals surface area contributed by atoms with Gasteiger partial charge in [0.05, 0.1) is 17.8 Å². The third kappa shape index (κ3) is 4.11. The van der Waals surface area contributed by atoms with E-state index in [-0.39, 0.29) is 30.4 Å². The lowest BCUT2D eigenvalue weighted by Crippen LogP contribution is -2.35. The molecule has 0 radical (unpaired) electrons. The molecule has 3 nitrogen and oxygen atoms in total. The van der Waals surface area contributed by atoms with Crippen LogP contribution in [-0.2, 0) is 17.5 Å². The summed E-state index contributed by atoms with van der Waals surface area (Å²) in [6, 6.07) is 3.77. The van der Waals surface area contributed by atoms with Gasteiger partial charge in [-0.25, -0.2) is 0 Å². The highest BCUT2D eigenvalue weighted by Crippen LogP contribution is 2.34. The van der Waals surface area contributed by atoms with Gasteiger partial charge in [-0.05, 0) is 37.6 Å². The Hall–Kier alpha value is -1.27. The van der Waals surface area contributed by atoms with Crippen molar-refractivity contribution in [2.45, 2.75) is 57.7 Å². The second kappa shape index (κ2) is 6.23. The first kappa shape index (κ1) is 16.1. The first-order chi connectivity index (χ1) is 9.79. The van der Waals surface area contributed by atoms with Crippen molar-refractivity contribution >= 4 is 0 Å². The molecule has 1 aromatic carbocycles. The van der Waals surface area contributed by atoms with E-state index < -0.39 is 11.7 Å². The van der Waals surface area contributed by atoms with Crippen LogP contribution in [0.25, 0.3) is 0 Å². The predicted molar refractivity (Wildman–Crippen MR) is 73.0 cm³/mol. The number of nitrogens with two attached hydrogens (primary N) is 1. The summed E-state index contributed by atoms with van der Waals surface area (Å²) in [6.07, 6.45) is -2.82. The number of ether oxygens (including phenoxy) is 2. The maximum Gasteiger partial charge on any atom is 0.416 e. The zero-order valence-electron chi connectivity index (χ0n) is 12.1.